The summed E-state index contributed by atoms with van der Waals surface area (Å²) < 4.78 is 30.7. The summed E-state index contributed by atoms with van der Waals surface area (Å²) in [5.74, 6) is 0.385. The zero-order valence-corrected chi connectivity index (χ0v) is 16.9. The molecule has 1 amide bonds. The van der Waals surface area contributed by atoms with Crippen LogP contribution in [-0.4, -0.2) is 45.1 Å². The Morgan fingerprint density at radius 1 is 1.11 bits per heavy atom. The van der Waals surface area contributed by atoms with E-state index in [0.717, 1.165) is 27.4 Å². The average molecular weight is 391 g/mol. The minimum atomic E-state index is -3.54. The van der Waals surface area contributed by atoms with Gasteiger partial charge in [-0.15, -0.1) is 0 Å². The van der Waals surface area contributed by atoms with Gasteiger partial charge in [0.25, 0.3) is 0 Å². The summed E-state index contributed by atoms with van der Waals surface area (Å²) in [4.78, 5) is 12.7. The zero-order chi connectivity index (χ0) is 20.0. The number of amides is 1. The summed E-state index contributed by atoms with van der Waals surface area (Å²) in [5.41, 5.74) is 2.80. The molecule has 2 aromatic rings. The molecule has 0 bridgehead atoms. The van der Waals surface area contributed by atoms with Gasteiger partial charge in [-0.1, -0.05) is 42.5 Å². The fourth-order valence-electron chi connectivity index (χ4n) is 2.67. The molecule has 146 valence electrons. The third-order valence-corrected chi connectivity index (χ3v) is 5.72. The van der Waals surface area contributed by atoms with Gasteiger partial charge in [-0.3, -0.25) is 4.79 Å². The van der Waals surface area contributed by atoms with Crippen molar-refractivity contribution < 1.29 is 17.9 Å². The molecule has 2 rings (SSSR count). The van der Waals surface area contributed by atoms with Crippen LogP contribution in [0.4, 0.5) is 0 Å². The number of hydrogen-bond acceptors (Lipinski definition) is 4. The number of carbonyl (C=O) groups is 1. The van der Waals surface area contributed by atoms with Gasteiger partial charge in [-0.2, -0.15) is 4.31 Å². The number of nitrogens with one attached hydrogen (secondary N) is 1. The van der Waals surface area contributed by atoms with Gasteiger partial charge >= 0.3 is 0 Å². The van der Waals surface area contributed by atoms with Crippen LogP contribution in [0.2, 0.25) is 0 Å². The Hall–Kier alpha value is -2.38. The van der Waals surface area contributed by atoms with E-state index in [2.05, 4.69) is 5.32 Å². The Labute approximate surface area is 161 Å². The number of likely N-dealkylation sites (N-methyl/N-ethyl adjacent to an activating group) is 1. The van der Waals surface area contributed by atoms with Gasteiger partial charge in [-0.25, -0.2) is 8.42 Å². The molecule has 0 spiro atoms. The van der Waals surface area contributed by atoms with E-state index in [9.17, 15) is 13.2 Å². The molecular formula is C20H26N2O4S. The number of carbonyl (C=O) groups excluding carboxylic acids is 1. The summed E-state index contributed by atoms with van der Waals surface area (Å²) in [6.45, 7) is 4.55. The molecule has 1 N–H and O–H groups in total. The van der Waals surface area contributed by atoms with E-state index in [1.165, 1.54) is 7.05 Å². The maximum absolute atomic E-state index is 12.7. The second kappa shape index (κ2) is 9.01. The van der Waals surface area contributed by atoms with Crippen molar-refractivity contribution in [3.8, 4) is 5.75 Å². The molecule has 7 heteroatoms. The van der Waals surface area contributed by atoms with Crippen LogP contribution in [0.25, 0.3) is 0 Å². The first-order valence-electron chi connectivity index (χ1n) is 8.66. The SMILES string of the molecule is Cc1cccc(OCCNC(=O)[C@H](c2ccccc2)N(C)S(C)(=O)=O)c1C. The molecule has 0 heterocycles. The van der Waals surface area contributed by atoms with Gasteiger partial charge in [0.15, 0.2) is 0 Å². The minimum absolute atomic E-state index is 0.271. The quantitative estimate of drug-likeness (QED) is 0.703. The summed E-state index contributed by atoms with van der Waals surface area (Å²) >= 11 is 0. The van der Waals surface area contributed by atoms with Crippen molar-refractivity contribution in [3.63, 3.8) is 0 Å². The van der Waals surface area contributed by atoms with E-state index >= 15 is 0 Å². The smallest absolute Gasteiger partial charge is 0.243 e. The molecule has 27 heavy (non-hydrogen) atoms. The van der Waals surface area contributed by atoms with Gasteiger partial charge in [0.05, 0.1) is 12.8 Å². The Morgan fingerprint density at radius 3 is 2.41 bits per heavy atom. The van der Waals surface area contributed by atoms with Crippen LogP contribution >= 0.6 is 0 Å². The lowest BCUT2D eigenvalue weighted by molar-refractivity contribution is -0.124. The molecule has 0 saturated heterocycles. The van der Waals surface area contributed by atoms with Gasteiger partial charge in [0.2, 0.25) is 15.9 Å². The second-order valence-corrected chi connectivity index (χ2v) is 8.47. The first-order chi connectivity index (χ1) is 12.7. The second-order valence-electron chi connectivity index (χ2n) is 6.43. The highest BCUT2D eigenvalue weighted by molar-refractivity contribution is 7.88. The van der Waals surface area contributed by atoms with Crippen LogP contribution in [0, 0.1) is 13.8 Å². The van der Waals surface area contributed by atoms with Crippen LogP contribution in [-0.2, 0) is 14.8 Å². The highest BCUT2D eigenvalue weighted by atomic mass is 32.2. The van der Waals surface area contributed by atoms with Crippen LogP contribution in [0.15, 0.2) is 48.5 Å². The summed E-state index contributed by atoms with van der Waals surface area (Å²) in [5, 5.41) is 2.77. The number of aryl methyl sites for hydroxylation is 1. The maximum Gasteiger partial charge on any atom is 0.243 e. The van der Waals surface area contributed by atoms with E-state index in [-0.39, 0.29) is 6.54 Å². The van der Waals surface area contributed by atoms with Crippen LogP contribution in [0.1, 0.15) is 22.7 Å². The zero-order valence-electron chi connectivity index (χ0n) is 16.1. The first kappa shape index (κ1) is 20.9. The molecular weight excluding hydrogens is 364 g/mol. The molecule has 0 aromatic heterocycles. The molecule has 2 aromatic carbocycles. The third-order valence-electron chi connectivity index (χ3n) is 4.46. The van der Waals surface area contributed by atoms with Crippen molar-refractivity contribution in [3.05, 3.63) is 65.2 Å². The molecule has 0 saturated carbocycles. The van der Waals surface area contributed by atoms with Crippen molar-refractivity contribution in [2.24, 2.45) is 0 Å². The van der Waals surface area contributed by atoms with Gasteiger partial charge in [0.1, 0.15) is 18.4 Å². The van der Waals surface area contributed by atoms with E-state index in [1.54, 1.807) is 24.3 Å². The van der Waals surface area contributed by atoms with Crippen molar-refractivity contribution in [1.82, 2.24) is 9.62 Å². The third kappa shape index (κ3) is 5.55. The Morgan fingerprint density at radius 2 is 1.78 bits per heavy atom. The Kier molecular flexibility index (Phi) is 6.98. The first-order valence-corrected chi connectivity index (χ1v) is 10.5. The summed E-state index contributed by atoms with van der Waals surface area (Å²) in [7, 11) is -2.14. The molecule has 0 aliphatic carbocycles. The van der Waals surface area contributed by atoms with E-state index in [0.29, 0.717) is 12.2 Å². The predicted octanol–water partition coefficient (Wildman–Crippen LogP) is 2.43. The van der Waals surface area contributed by atoms with Crippen molar-refractivity contribution in [2.45, 2.75) is 19.9 Å². The average Bonchev–Trinajstić information content (AvgIpc) is 2.62. The van der Waals surface area contributed by atoms with Crippen LogP contribution in [0.3, 0.4) is 0 Å². The number of sulfonamides is 1. The topological polar surface area (TPSA) is 75.7 Å². The molecule has 1 atom stereocenters. The van der Waals surface area contributed by atoms with Crippen molar-refractivity contribution in [1.29, 1.82) is 0 Å². The number of ether oxygens (including phenoxy) is 1. The van der Waals surface area contributed by atoms with Crippen molar-refractivity contribution in [2.75, 3.05) is 26.5 Å². The monoisotopic (exact) mass is 390 g/mol. The lowest BCUT2D eigenvalue weighted by Crippen LogP contribution is -2.42. The standard InChI is InChI=1S/C20H26N2O4S/c1-15-9-8-12-18(16(15)2)26-14-13-21-20(23)19(22(3)27(4,24)25)17-10-6-5-7-11-17/h5-12,19H,13-14H2,1-4H3,(H,21,23)/t19-/m0/s1. The van der Waals surface area contributed by atoms with Crippen LogP contribution < -0.4 is 10.1 Å². The Bertz CT molecular complexity index is 882. The maximum atomic E-state index is 12.7. The molecule has 0 aliphatic rings. The summed E-state index contributed by atoms with van der Waals surface area (Å²) in [6, 6.07) is 13.7. The predicted molar refractivity (Wildman–Crippen MR) is 106 cm³/mol. The van der Waals surface area contributed by atoms with E-state index < -0.39 is 22.0 Å². The van der Waals surface area contributed by atoms with Gasteiger partial charge < -0.3 is 10.1 Å². The Balaban J connectivity index is 2.03. The highest BCUT2D eigenvalue weighted by Gasteiger charge is 2.30. The molecule has 0 unspecified atom stereocenters. The number of rotatable bonds is 8. The van der Waals surface area contributed by atoms with Gasteiger partial charge in [-0.05, 0) is 36.6 Å². The molecule has 0 fully saturated rings. The summed E-state index contributed by atoms with van der Waals surface area (Å²) in [6.07, 6.45) is 1.08. The highest BCUT2D eigenvalue weighted by Crippen LogP contribution is 2.22. The van der Waals surface area contributed by atoms with E-state index in [4.69, 9.17) is 4.74 Å². The fourth-order valence-corrected chi connectivity index (χ4v) is 3.27. The number of nitrogens with zero attached hydrogens (tertiary/aromatic N) is 1. The fraction of sp³-hybridized carbons (Fsp3) is 0.350. The molecule has 6 nitrogen and oxygen atoms in total. The van der Waals surface area contributed by atoms with Crippen LogP contribution in [0.5, 0.6) is 5.75 Å². The normalized spacial score (nSPS) is 12.6. The van der Waals surface area contributed by atoms with E-state index in [1.807, 2.05) is 38.1 Å². The largest absolute Gasteiger partial charge is 0.491 e. The molecule has 0 radical (unpaired) electrons. The lowest BCUT2D eigenvalue weighted by atomic mass is 10.1. The number of hydrogen-bond donors (Lipinski definition) is 1. The van der Waals surface area contributed by atoms with Crippen molar-refractivity contribution >= 4 is 15.9 Å². The minimum Gasteiger partial charge on any atom is -0.491 e. The lowest BCUT2D eigenvalue weighted by Gasteiger charge is -2.25. The molecule has 0 aliphatic heterocycles. The van der Waals surface area contributed by atoms with Gasteiger partial charge in [0, 0.05) is 7.05 Å². The number of benzene rings is 2.